The van der Waals surface area contributed by atoms with Gasteiger partial charge in [-0.2, -0.15) is 10.2 Å². The average molecular weight is 193 g/mol. The van der Waals surface area contributed by atoms with Gasteiger partial charge in [0.25, 0.3) is 0 Å². The molecule has 0 aliphatic carbocycles. The second-order valence-electron chi connectivity index (χ2n) is 3.30. The number of aromatic nitrogens is 2. The van der Waals surface area contributed by atoms with Crippen LogP contribution in [0.15, 0.2) is 18.5 Å². The summed E-state index contributed by atoms with van der Waals surface area (Å²) in [6.07, 6.45) is 3.86. The van der Waals surface area contributed by atoms with Crippen molar-refractivity contribution in [2.24, 2.45) is 0 Å². The van der Waals surface area contributed by atoms with Crippen molar-refractivity contribution in [1.29, 1.82) is 0 Å². The lowest BCUT2D eigenvalue weighted by molar-refractivity contribution is 0.163. The van der Waals surface area contributed by atoms with Crippen LogP contribution in [0.1, 0.15) is 5.56 Å². The highest BCUT2D eigenvalue weighted by atomic mass is 16.6. The first-order valence-corrected chi connectivity index (χ1v) is 4.42. The Kier molecular flexibility index (Phi) is 2.30. The van der Waals surface area contributed by atoms with Gasteiger partial charge in [0.05, 0.1) is 12.2 Å². The smallest absolute Gasteiger partial charge is 0.409 e. The number of carbonyl (C=O) groups is 1. The van der Waals surface area contributed by atoms with E-state index in [1.54, 1.807) is 24.3 Å². The fraction of sp³-hybridized carbons (Fsp3) is 0.444. The van der Waals surface area contributed by atoms with E-state index in [0.717, 1.165) is 12.0 Å². The van der Waals surface area contributed by atoms with Gasteiger partial charge in [-0.3, -0.25) is 0 Å². The van der Waals surface area contributed by atoms with Gasteiger partial charge in [0, 0.05) is 13.2 Å². The van der Waals surface area contributed by atoms with Gasteiger partial charge in [0.15, 0.2) is 0 Å². The van der Waals surface area contributed by atoms with Crippen LogP contribution in [0.5, 0.6) is 0 Å². The summed E-state index contributed by atoms with van der Waals surface area (Å²) in [6, 6.07) is 2.01. The standard InChI is InChI=1S/C9H11N3O2/c1-12-8(6-14-9(12)13)4-7-2-3-10-11-5-7/h2-3,5,8H,4,6H2,1H3. The third kappa shape index (κ3) is 1.66. The summed E-state index contributed by atoms with van der Waals surface area (Å²) in [5.74, 6) is 0. The zero-order valence-corrected chi connectivity index (χ0v) is 7.88. The molecule has 0 saturated carbocycles. The van der Waals surface area contributed by atoms with Crippen LogP contribution in [0.25, 0.3) is 0 Å². The van der Waals surface area contributed by atoms with E-state index in [1.807, 2.05) is 6.07 Å². The topological polar surface area (TPSA) is 55.3 Å². The maximum Gasteiger partial charge on any atom is 0.409 e. The van der Waals surface area contributed by atoms with E-state index >= 15 is 0 Å². The fourth-order valence-electron chi connectivity index (χ4n) is 1.44. The van der Waals surface area contributed by atoms with Crippen LogP contribution in [0.2, 0.25) is 0 Å². The first-order chi connectivity index (χ1) is 6.77. The molecule has 1 aromatic rings. The van der Waals surface area contributed by atoms with Crippen molar-refractivity contribution in [1.82, 2.24) is 15.1 Å². The molecule has 0 N–H and O–H groups in total. The second-order valence-corrected chi connectivity index (χ2v) is 3.30. The Balaban J connectivity index is 2.02. The van der Waals surface area contributed by atoms with Gasteiger partial charge < -0.3 is 9.64 Å². The molecule has 2 heterocycles. The summed E-state index contributed by atoms with van der Waals surface area (Å²) in [5, 5.41) is 7.47. The predicted molar refractivity (Wildman–Crippen MR) is 48.6 cm³/mol. The van der Waals surface area contributed by atoms with Crippen molar-refractivity contribution < 1.29 is 9.53 Å². The van der Waals surface area contributed by atoms with Crippen molar-refractivity contribution in [3.05, 3.63) is 24.0 Å². The van der Waals surface area contributed by atoms with Gasteiger partial charge in [-0.25, -0.2) is 4.79 Å². The molecule has 74 valence electrons. The lowest BCUT2D eigenvalue weighted by Crippen LogP contribution is -2.31. The Morgan fingerprint density at radius 2 is 2.50 bits per heavy atom. The third-order valence-corrected chi connectivity index (χ3v) is 2.35. The SMILES string of the molecule is CN1C(=O)OCC1Cc1ccnnc1. The van der Waals surface area contributed by atoms with Gasteiger partial charge in [0.1, 0.15) is 6.61 Å². The molecule has 1 saturated heterocycles. The average Bonchev–Trinajstić information content (AvgIpc) is 2.52. The normalized spacial score (nSPS) is 21.1. The van der Waals surface area contributed by atoms with Gasteiger partial charge in [-0.15, -0.1) is 0 Å². The first-order valence-electron chi connectivity index (χ1n) is 4.42. The molecule has 0 spiro atoms. The number of cyclic esters (lactones) is 1. The quantitative estimate of drug-likeness (QED) is 0.685. The van der Waals surface area contributed by atoms with Crippen molar-refractivity contribution in [3.63, 3.8) is 0 Å². The van der Waals surface area contributed by atoms with Crippen LogP contribution >= 0.6 is 0 Å². The fourth-order valence-corrected chi connectivity index (χ4v) is 1.44. The number of amides is 1. The molecule has 1 fully saturated rings. The molecule has 1 amide bonds. The second kappa shape index (κ2) is 3.61. The lowest BCUT2D eigenvalue weighted by atomic mass is 10.1. The van der Waals surface area contributed by atoms with Gasteiger partial charge in [-0.1, -0.05) is 0 Å². The number of nitrogens with zero attached hydrogens (tertiary/aromatic N) is 3. The van der Waals surface area contributed by atoms with E-state index in [2.05, 4.69) is 10.2 Å². The van der Waals surface area contributed by atoms with Crippen LogP contribution in [-0.2, 0) is 11.2 Å². The Labute approximate surface area is 81.7 Å². The Morgan fingerprint density at radius 1 is 1.64 bits per heavy atom. The number of likely N-dealkylation sites (N-methyl/N-ethyl adjacent to an activating group) is 1. The lowest BCUT2D eigenvalue weighted by Gasteiger charge is -2.15. The Hall–Kier alpha value is -1.65. The molecule has 1 atom stereocenters. The summed E-state index contributed by atoms with van der Waals surface area (Å²) in [7, 11) is 1.74. The first kappa shape index (κ1) is 8.93. The molecule has 5 nitrogen and oxygen atoms in total. The summed E-state index contributed by atoms with van der Waals surface area (Å²) in [5.41, 5.74) is 1.06. The molecule has 1 aliphatic heterocycles. The van der Waals surface area contributed by atoms with Crippen LogP contribution < -0.4 is 0 Å². The van der Waals surface area contributed by atoms with Crippen molar-refractivity contribution >= 4 is 6.09 Å². The van der Waals surface area contributed by atoms with Crippen molar-refractivity contribution in [3.8, 4) is 0 Å². The Morgan fingerprint density at radius 3 is 3.07 bits per heavy atom. The van der Waals surface area contributed by atoms with E-state index in [0.29, 0.717) is 6.61 Å². The number of hydrogen-bond donors (Lipinski definition) is 0. The number of ether oxygens (including phenoxy) is 1. The van der Waals surface area contributed by atoms with Crippen molar-refractivity contribution in [2.75, 3.05) is 13.7 Å². The van der Waals surface area contributed by atoms with Gasteiger partial charge in [-0.05, 0) is 18.1 Å². The van der Waals surface area contributed by atoms with Crippen LogP contribution in [-0.4, -0.2) is 40.9 Å². The van der Waals surface area contributed by atoms with E-state index in [1.165, 1.54) is 0 Å². The molecule has 2 rings (SSSR count). The summed E-state index contributed by atoms with van der Waals surface area (Å²) in [6.45, 7) is 0.456. The van der Waals surface area contributed by atoms with Crippen LogP contribution in [0.3, 0.4) is 0 Å². The molecule has 5 heteroatoms. The minimum Gasteiger partial charge on any atom is -0.447 e. The molecular weight excluding hydrogens is 182 g/mol. The third-order valence-electron chi connectivity index (χ3n) is 2.35. The van der Waals surface area contributed by atoms with Crippen LogP contribution in [0, 0.1) is 0 Å². The van der Waals surface area contributed by atoms with E-state index < -0.39 is 0 Å². The molecule has 0 bridgehead atoms. The largest absolute Gasteiger partial charge is 0.447 e. The molecule has 1 aliphatic rings. The van der Waals surface area contributed by atoms with Gasteiger partial charge >= 0.3 is 6.09 Å². The molecule has 1 aromatic heterocycles. The van der Waals surface area contributed by atoms with E-state index in [4.69, 9.17) is 4.74 Å². The zero-order valence-electron chi connectivity index (χ0n) is 7.88. The highest BCUT2D eigenvalue weighted by Crippen LogP contribution is 2.13. The number of hydrogen-bond acceptors (Lipinski definition) is 4. The number of carbonyl (C=O) groups excluding carboxylic acids is 1. The maximum atomic E-state index is 11.1. The van der Waals surface area contributed by atoms with E-state index in [9.17, 15) is 4.79 Å². The monoisotopic (exact) mass is 193 g/mol. The highest BCUT2D eigenvalue weighted by Gasteiger charge is 2.29. The molecule has 14 heavy (non-hydrogen) atoms. The summed E-state index contributed by atoms with van der Waals surface area (Å²) in [4.78, 5) is 12.7. The minimum atomic E-state index is -0.253. The number of rotatable bonds is 2. The highest BCUT2D eigenvalue weighted by molar-refractivity contribution is 5.69. The summed E-state index contributed by atoms with van der Waals surface area (Å²) < 4.78 is 4.90. The molecule has 0 aromatic carbocycles. The predicted octanol–water partition coefficient (Wildman–Crippen LogP) is 0.470. The van der Waals surface area contributed by atoms with E-state index in [-0.39, 0.29) is 12.1 Å². The Bertz CT molecular complexity index is 328. The zero-order chi connectivity index (χ0) is 9.97. The maximum absolute atomic E-state index is 11.1. The minimum absolute atomic E-state index is 0.117. The van der Waals surface area contributed by atoms with Gasteiger partial charge in [0.2, 0.25) is 0 Å². The molecule has 0 radical (unpaired) electrons. The summed E-state index contributed by atoms with van der Waals surface area (Å²) >= 11 is 0. The van der Waals surface area contributed by atoms with Crippen LogP contribution in [0.4, 0.5) is 4.79 Å². The van der Waals surface area contributed by atoms with Crippen molar-refractivity contribution in [2.45, 2.75) is 12.5 Å². The molecular formula is C9H11N3O2. The molecule has 1 unspecified atom stereocenters.